The Hall–Kier alpha value is -3.74. The van der Waals surface area contributed by atoms with Crippen LogP contribution in [0.2, 0.25) is 0 Å². The Bertz CT molecular complexity index is 1450. The number of carbonyl (C=O) groups is 6. The van der Waals surface area contributed by atoms with Crippen LogP contribution in [0, 0.1) is 22.7 Å². The lowest BCUT2D eigenvalue weighted by molar-refractivity contribution is -0.203. The molecule has 2 saturated carbocycles. The second-order valence-electron chi connectivity index (χ2n) is 13.0. The molecule has 3 aliphatic carbocycles. The summed E-state index contributed by atoms with van der Waals surface area (Å²) in [6.07, 6.45) is 3.26. The average Bonchev–Trinajstić information content (AvgIpc) is 2.87. The zero-order valence-electron chi connectivity index (χ0n) is 25.3. The number of nitrogens with two attached hydrogens (primary N) is 1. The molecule has 0 aromatic heterocycles. The normalized spacial score (nSPS) is 32.2. The van der Waals surface area contributed by atoms with Gasteiger partial charge in [0.1, 0.15) is 5.75 Å². The number of aliphatic hydroxyl groups is 1. The molecule has 0 aliphatic heterocycles. The summed E-state index contributed by atoms with van der Waals surface area (Å²) < 4.78 is 5.24. The van der Waals surface area contributed by atoms with Crippen LogP contribution in [0.1, 0.15) is 48.2 Å². The van der Waals surface area contributed by atoms with Crippen molar-refractivity contribution in [1.29, 1.82) is 0 Å². The first-order valence-electron chi connectivity index (χ1n) is 14.1. The number of primary amides is 1. The lowest BCUT2D eigenvalue weighted by Crippen LogP contribution is -2.79. The zero-order valence-corrected chi connectivity index (χ0v) is 25.3. The highest BCUT2D eigenvalue weighted by Gasteiger charge is 2.76. The number of hydrogen-bond donors (Lipinski definition) is 3. The summed E-state index contributed by atoms with van der Waals surface area (Å²) in [4.78, 5) is 83.4. The van der Waals surface area contributed by atoms with E-state index in [-0.39, 0.29) is 25.0 Å². The first-order valence-corrected chi connectivity index (χ1v) is 14.1. The summed E-state index contributed by atoms with van der Waals surface area (Å²) in [6, 6.07) is 1.55. The molecule has 43 heavy (non-hydrogen) atoms. The summed E-state index contributed by atoms with van der Waals surface area (Å²) in [5.74, 6) is -9.97. The number of ketones is 4. The Balaban J connectivity index is 1.78. The van der Waals surface area contributed by atoms with Gasteiger partial charge in [0.2, 0.25) is 5.91 Å². The molecule has 232 valence electrons. The number of fused-ring (bicyclic) bond motifs is 3. The molecule has 2 fully saturated rings. The van der Waals surface area contributed by atoms with Gasteiger partial charge in [0.15, 0.2) is 34.7 Å². The SMILES string of the molecule is CN(C)CCCOC(=O)C=Cc1ccc(O)c2c1C[C@@]1(C)C[C@@]3(C)[C@H](N(C)C)C(=O)C(C(N)=O)C(=O)[C@@]3(O)C(=O)C1C2=O. The lowest BCUT2D eigenvalue weighted by atomic mass is 9.42. The molecule has 0 radical (unpaired) electrons. The van der Waals surface area contributed by atoms with E-state index in [1.807, 2.05) is 19.0 Å². The summed E-state index contributed by atoms with van der Waals surface area (Å²) in [5.41, 5.74) is 0.273. The molecule has 12 nitrogen and oxygen atoms in total. The Kier molecular flexibility index (Phi) is 8.29. The van der Waals surface area contributed by atoms with E-state index >= 15 is 0 Å². The zero-order chi connectivity index (χ0) is 32.2. The van der Waals surface area contributed by atoms with Gasteiger partial charge in [-0.3, -0.25) is 28.9 Å². The summed E-state index contributed by atoms with van der Waals surface area (Å²) in [5, 5.41) is 22.7. The highest BCUT2D eigenvalue weighted by Crippen LogP contribution is 2.61. The van der Waals surface area contributed by atoms with E-state index in [0.29, 0.717) is 17.5 Å². The molecular formula is C31H39N3O9. The van der Waals surface area contributed by atoms with Gasteiger partial charge in [-0.25, -0.2) is 4.79 Å². The minimum Gasteiger partial charge on any atom is -0.507 e. The van der Waals surface area contributed by atoms with Crippen LogP contribution in [0.3, 0.4) is 0 Å². The third-order valence-corrected chi connectivity index (χ3v) is 9.30. The molecule has 4 N–H and O–H groups in total. The fourth-order valence-corrected chi connectivity index (χ4v) is 7.66. The predicted molar refractivity (Wildman–Crippen MR) is 154 cm³/mol. The quantitative estimate of drug-likeness (QED) is 0.160. The van der Waals surface area contributed by atoms with Crippen molar-refractivity contribution in [1.82, 2.24) is 9.80 Å². The third-order valence-electron chi connectivity index (χ3n) is 9.30. The van der Waals surface area contributed by atoms with Crippen molar-refractivity contribution < 1.29 is 43.7 Å². The van der Waals surface area contributed by atoms with Crippen molar-refractivity contribution >= 4 is 41.1 Å². The predicted octanol–water partition coefficient (Wildman–Crippen LogP) is 0.155. The number of ether oxygens (including phenoxy) is 1. The molecule has 3 aliphatic rings. The number of amides is 1. The van der Waals surface area contributed by atoms with Gasteiger partial charge in [-0.05, 0) is 76.1 Å². The fourth-order valence-electron chi connectivity index (χ4n) is 7.66. The number of benzene rings is 1. The molecule has 1 aromatic carbocycles. The first kappa shape index (κ1) is 32.2. The number of phenols is 1. The van der Waals surface area contributed by atoms with Gasteiger partial charge >= 0.3 is 5.97 Å². The number of rotatable bonds is 8. The van der Waals surface area contributed by atoms with Crippen LogP contribution in [-0.2, 0) is 35.1 Å². The van der Waals surface area contributed by atoms with Gasteiger partial charge in [0, 0.05) is 18.0 Å². The largest absolute Gasteiger partial charge is 0.507 e. The molecule has 12 heteroatoms. The first-order chi connectivity index (χ1) is 19.9. The van der Waals surface area contributed by atoms with Crippen LogP contribution >= 0.6 is 0 Å². The highest BCUT2D eigenvalue weighted by atomic mass is 16.5. The van der Waals surface area contributed by atoms with Crippen molar-refractivity contribution in [3.8, 4) is 5.75 Å². The molecule has 1 amide bonds. The molecule has 0 heterocycles. The number of Topliss-reactive ketones (excluding diaryl/α,β-unsaturated/α-hetero) is 4. The van der Waals surface area contributed by atoms with Crippen molar-refractivity contribution in [3.63, 3.8) is 0 Å². The maximum Gasteiger partial charge on any atom is 0.330 e. The molecule has 0 spiro atoms. The summed E-state index contributed by atoms with van der Waals surface area (Å²) in [7, 11) is 6.88. The maximum atomic E-state index is 14.2. The van der Waals surface area contributed by atoms with Gasteiger partial charge in [-0.15, -0.1) is 0 Å². The van der Waals surface area contributed by atoms with Crippen molar-refractivity contribution in [3.05, 3.63) is 34.9 Å². The minimum atomic E-state index is -2.86. The van der Waals surface area contributed by atoms with Gasteiger partial charge in [-0.1, -0.05) is 19.9 Å². The second kappa shape index (κ2) is 11.1. The summed E-state index contributed by atoms with van der Waals surface area (Å²) >= 11 is 0. The molecule has 2 unspecified atom stereocenters. The number of carbonyl (C=O) groups excluding carboxylic acids is 6. The third kappa shape index (κ3) is 4.91. The van der Waals surface area contributed by atoms with Crippen molar-refractivity contribution in [2.75, 3.05) is 41.3 Å². The van der Waals surface area contributed by atoms with Crippen LogP contribution in [0.4, 0.5) is 0 Å². The van der Waals surface area contributed by atoms with Crippen LogP contribution in [0.5, 0.6) is 5.75 Å². The van der Waals surface area contributed by atoms with E-state index in [4.69, 9.17) is 10.5 Å². The van der Waals surface area contributed by atoms with E-state index < -0.39 is 75.1 Å². The van der Waals surface area contributed by atoms with E-state index in [9.17, 15) is 39.0 Å². The molecule has 0 bridgehead atoms. The van der Waals surface area contributed by atoms with Crippen LogP contribution in [-0.4, -0.2) is 108 Å². The van der Waals surface area contributed by atoms with E-state index in [1.54, 1.807) is 6.92 Å². The van der Waals surface area contributed by atoms with Gasteiger partial charge in [0.05, 0.1) is 24.1 Å². The Labute approximate surface area is 249 Å². The van der Waals surface area contributed by atoms with Gasteiger partial charge < -0.3 is 25.6 Å². The monoisotopic (exact) mass is 597 g/mol. The highest BCUT2D eigenvalue weighted by molar-refractivity contribution is 6.33. The standard InChI is InChI=1S/C31H39N3O9/c1-29-14-17-16(9-11-19(36)43-13-7-12-33(3)4)8-10-18(35)20(17)23(37)22(29)27(40)31(42)26(39)21(28(32)41)24(38)25(34(5)6)30(31,2)15-29/h8-11,21-22,25,35,42H,7,12-15H2,1-6H3,(H2,32,41)/t21?,22?,25-,29+,30+,31-/m1/s1. The molecular weight excluding hydrogens is 558 g/mol. The Morgan fingerprint density at radius 1 is 1.09 bits per heavy atom. The van der Waals surface area contributed by atoms with Crippen molar-refractivity contribution in [2.24, 2.45) is 28.4 Å². The van der Waals surface area contributed by atoms with E-state index in [2.05, 4.69) is 0 Å². The van der Waals surface area contributed by atoms with E-state index in [1.165, 1.54) is 50.2 Å². The fraction of sp³-hybridized carbons (Fsp3) is 0.548. The average molecular weight is 598 g/mol. The number of hydrogen-bond acceptors (Lipinski definition) is 11. The number of likely N-dealkylation sites (N-methyl/N-ethyl adjacent to an activating group) is 1. The number of nitrogens with zero attached hydrogens (tertiary/aromatic N) is 2. The molecule has 6 atom stereocenters. The smallest absolute Gasteiger partial charge is 0.330 e. The summed E-state index contributed by atoms with van der Waals surface area (Å²) in [6.45, 7) is 4.07. The number of aromatic hydroxyl groups is 1. The van der Waals surface area contributed by atoms with Crippen molar-refractivity contribution in [2.45, 2.75) is 44.8 Å². The topological polar surface area (TPSA) is 185 Å². The van der Waals surface area contributed by atoms with Crippen LogP contribution in [0.25, 0.3) is 6.08 Å². The number of esters is 1. The Morgan fingerprint density at radius 2 is 1.74 bits per heavy atom. The molecule has 4 rings (SSSR count). The maximum absolute atomic E-state index is 14.2. The second-order valence-corrected chi connectivity index (χ2v) is 13.0. The minimum absolute atomic E-state index is 0.0455. The lowest BCUT2D eigenvalue weighted by Gasteiger charge is -2.61. The van der Waals surface area contributed by atoms with Gasteiger partial charge in [0.25, 0.3) is 0 Å². The number of phenolic OH excluding ortho intramolecular Hbond substituents is 1. The van der Waals surface area contributed by atoms with Crippen LogP contribution < -0.4 is 5.73 Å². The molecule has 1 aromatic rings. The van der Waals surface area contributed by atoms with E-state index in [0.717, 1.165) is 6.54 Å². The Morgan fingerprint density at radius 3 is 2.33 bits per heavy atom. The van der Waals surface area contributed by atoms with Gasteiger partial charge in [-0.2, -0.15) is 0 Å². The molecule has 0 saturated heterocycles. The van der Waals surface area contributed by atoms with Crippen LogP contribution in [0.15, 0.2) is 18.2 Å².